The molecular weight excluding hydrogens is 297 g/mol. The van der Waals surface area contributed by atoms with E-state index in [9.17, 15) is 4.39 Å². The predicted octanol–water partition coefficient (Wildman–Crippen LogP) is 4.59. The summed E-state index contributed by atoms with van der Waals surface area (Å²) in [7, 11) is 0. The van der Waals surface area contributed by atoms with Gasteiger partial charge in [0.1, 0.15) is 11.6 Å². The zero-order valence-corrected chi connectivity index (χ0v) is 11.9. The second kappa shape index (κ2) is 5.67. The zero-order chi connectivity index (χ0) is 13.1. The Balaban J connectivity index is 2.10. The van der Waals surface area contributed by atoms with E-state index in [4.69, 9.17) is 4.42 Å². The van der Waals surface area contributed by atoms with Crippen molar-refractivity contribution in [2.24, 2.45) is 0 Å². The SMILES string of the molecule is CC(N[C@@H](C)c1ccco1)c1ccc(Br)cc1F. The van der Waals surface area contributed by atoms with Crippen LogP contribution in [0.25, 0.3) is 0 Å². The van der Waals surface area contributed by atoms with Gasteiger partial charge < -0.3 is 9.73 Å². The summed E-state index contributed by atoms with van der Waals surface area (Å²) in [6.45, 7) is 3.93. The van der Waals surface area contributed by atoms with E-state index in [1.807, 2.05) is 32.0 Å². The van der Waals surface area contributed by atoms with Crippen LogP contribution < -0.4 is 5.32 Å². The summed E-state index contributed by atoms with van der Waals surface area (Å²) in [5.41, 5.74) is 0.650. The first-order chi connectivity index (χ1) is 8.58. The molecule has 0 spiro atoms. The van der Waals surface area contributed by atoms with Crippen LogP contribution in [-0.4, -0.2) is 0 Å². The highest BCUT2D eigenvalue weighted by atomic mass is 79.9. The molecule has 0 aliphatic heterocycles. The molecule has 0 saturated heterocycles. The van der Waals surface area contributed by atoms with Gasteiger partial charge in [0.25, 0.3) is 0 Å². The Morgan fingerprint density at radius 3 is 2.61 bits per heavy atom. The monoisotopic (exact) mass is 311 g/mol. The Morgan fingerprint density at radius 2 is 2.00 bits per heavy atom. The van der Waals surface area contributed by atoms with E-state index >= 15 is 0 Å². The largest absolute Gasteiger partial charge is 0.468 e. The quantitative estimate of drug-likeness (QED) is 0.893. The first-order valence-corrected chi connectivity index (χ1v) is 6.61. The van der Waals surface area contributed by atoms with E-state index in [-0.39, 0.29) is 17.9 Å². The molecule has 2 atom stereocenters. The van der Waals surface area contributed by atoms with Gasteiger partial charge in [0, 0.05) is 16.1 Å². The van der Waals surface area contributed by atoms with Crippen LogP contribution in [0, 0.1) is 5.82 Å². The fourth-order valence-corrected chi connectivity index (χ4v) is 2.27. The van der Waals surface area contributed by atoms with Gasteiger partial charge >= 0.3 is 0 Å². The minimum Gasteiger partial charge on any atom is -0.468 e. The second-order valence-electron chi connectivity index (χ2n) is 4.29. The molecule has 0 radical (unpaired) electrons. The summed E-state index contributed by atoms with van der Waals surface area (Å²) >= 11 is 3.25. The van der Waals surface area contributed by atoms with Crippen LogP contribution in [-0.2, 0) is 0 Å². The highest BCUT2D eigenvalue weighted by Gasteiger charge is 2.15. The lowest BCUT2D eigenvalue weighted by Crippen LogP contribution is -2.22. The van der Waals surface area contributed by atoms with Crippen molar-refractivity contribution in [3.8, 4) is 0 Å². The fourth-order valence-electron chi connectivity index (χ4n) is 1.94. The van der Waals surface area contributed by atoms with Crippen molar-refractivity contribution >= 4 is 15.9 Å². The lowest BCUT2D eigenvalue weighted by molar-refractivity contribution is 0.397. The van der Waals surface area contributed by atoms with Crippen LogP contribution in [0.2, 0.25) is 0 Å². The minimum absolute atomic E-state index is 0.0399. The van der Waals surface area contributed by atoms with Gasteiger partial charge in [-0.2, -0.15) is 0 Å². The fraction of sp³-hybridized carbons (Fsp3) is 0.286. The third-order valence-electron chi connectivity index (χ3n) is 2.90. The molecule has 0 aliphatic rings. The topological polar surface area (TPSA) is 25.2 Å². The molecule has 1 N–H and O–H groups in total. The number of hydrogen-bond donors (Lipinski definition) is 1. The number of rotatable bonds is 4. The van der Waals surface area contributed by atoms with Gasteiger partial charge in [0.15, 0.2) is 0 Å². The Labute approximate surface area is 114 Å². The molecule has 1 heterocycles. The van der Waals surface area contributed by atoms with Gasteiger partial charge in [-0.25, -0.2) is 4.39 Å². The summed E-state index contributed by atoms with van der Waals surface area (Å²) in [6.07, 6.45) is 1.64. The number of furan rings is 1. The van der Waals surface area contributed by atoms with Crippen molar-refractivity contribution in [2.45, 2.75) is 25.9 Å². The van der Waals surface area contributed by atoms with Crippen LogP contribution in [0.15, 0.2) is 45.5 Å². The van der Waals surface area contributed by atoms with Crippen LogP contribution in [0.4, 0.5) is 4.39 Å². The summed E-state index contributed by atoms with van der Waals surface area (Å²) in [4.78, 5) is 0. The van der Waals surface area contributed by atoms with Crippen molar-refractivity contribution in [1.29, 1.82) is 0 Å². The van der Waals surface area contributed by atoms with E-state index in [0.717, 1.165) is 10.2 Å². The lowest BCUT2D eigenvalue weighted by atomic mass is 10.1. The molecule has 4 heteroatoms. The van der Waals surface area contributed by atoms with Crippen molar-refractivity contribution in [3.05, 3.63) is 58.2 Å². The Morgan fingerprint density at radius 1 is 1.22 bits per heavy atom. The second-order valence-corrected chi connectivity index (χ2v) is 5.21. The molecular formula is C14H15BrFNO. The molecule has 2 aromatic rings. The Kier molecular flexibility index (Phi) is 4.19. The number of hydrogen-bond acceptors (Lipinski definition) is 2. The summed E-state index contributed by atoms with van der Waals surface area (Å²) in [5, 5.41) is 3.31. The average Bonchev–Trinajstić information content (AvgIpc) is 2.81. The molecule has 18 heavy (non-hydrogen) atoms. The Hall–Kier alpha value is -1.13. The molecule has 96 valence electrons. The maximum atomic E-state index is 13.8. The molecule has 1 aromatic carbocycles. The van der Waals surface area contributed by atoms with E-state index < -0.39 is 0 Å². The third-order valence-corrected chi connectivity index (χ3v) is 3.39. The lowest BCUT2D eigenvalue weighted by Gasteiger charge is -2.19. The Bertz CT molecular complexity index is 513. The van der Waals surface area contributed by atoms with E-state index in [0.29, 0.717) is 5.56 Å². The summed E-state index contributed by atoms with van der Waals surface area (Å²) in [5.74, 6) is 0.635. The molecule has 0 amide bonds. The third kappa shape index (κ3) is 3.00. The summed E-state index contributed by atoms with van der Waals surface area (Å²) < 4.78 is 19.9. The normalized spacial score (nSPS) is 14.4. The van der Waals surface area contributed by atoms with Gasteiger partial charge in [0.05, 0.1) is 12.3 Å². The van der Waals surface area contributed by atoms with Gasteiger partial charge in [0.2, 0.25) is 0 Å². The van der Waals surface area contributed by atoms with Crippen molar-refractivity contribution < 1.29 is 8.81 Å². The zero-order valence-electron chi connectivity index (χ0n) is 10.3. The van der Waals surface area contributed by atoms with Crippen LogP contribution in [0.3, 0.4) is 0 Å². The van der Waals surface area contributed by atoms with Crippen molar-refractivity contribution in [1.82, 2.24) is 5.32 Å². The van der Waals surface area contributed by atoms with Gasteiger partial charge in [-0.15, -0.1) is 0 Å². The first kappa shape index (κ1) is 13.3. The molecule has 0 fully saturated rings. The number of nitrogens with one attached hydrogen (secondary N) is 1. The summed E-state index contributed by atoms with van der Waals surface area (Å²) in [6, 6.07) is 8.81. The number of halogens is 2. The van der Waals surface area contributed by atoms with E-state index in [2.05, 4.69) is 21.2 Å². The highest BCUT2D eigenvalue weighted by Crippen LogP contribution is 2.23. The molecule has 2 nitrogen and oxygen atoms in total. The van der Waals surface area contributed by atoms with Crippen molar-refractivity contribution in [3.63, 3.8) is 0 Å². The maximum Gasteiger partial charge on any atom is 0.129 e. The minimum atomic E-state index is -0.212. The number of benzene rings is 1. The molecule has 1 unspecified atom stereocenters. The molecule has 2 rings (SSSR count). The van der Waals surface area contributed by atoms with Gasteiger partial charge in [-0.05, 0) is 38.1 Å². The van der Waals surface area contributed by atoms with E-state index in [1.54, 1.807) is 12.3 Å². The first-order valence-electron chi connectivity index (χ1n) is 5.82. The van der Waals surface area contributed by atoms with Gasteiger partial charge in [-0.1, -0.05) is 22.0 Å². The molecule has 0 aliphatic carbocycles. The predicted molar refractivity (Wildman–Crippen MR) is 72.8 cm³/mol. The van der Waals surface area contributed by atoms with Crippen molar-refractivity contribution in [2.75, 3.05) is 0 Å². The maximum absolute atomic E-state index is 13.8. The highest BCUT2D eigenvalue weighted by molar-refractivity contribution is 9.10. The van der Waals surface area contributed by atoms with Crippen LogP contribution >= 0.6 is 15.9 Å². The van der Waals surface area contributed by atoms with Crippen LogP contribution in [0.1, 0.15) is 37.3 Å². The molecule has 0 saturated carbocycles. The van der Waals surface area contributed by atoms with Gasteiger partial charge in [-0.3, -0.25) is 0 Å². The average molecular weight is 312 g/mol. The van der Waals surface area contributed by atoms with Crippen LogP contribution in [0.5, 0.6) is 0 Å². The molecule has 1 aromatic heterocycles. The van der Waals surface area contributed by atoms with E-state index in [1.165, 1.54) is 6.07 Å². The molecule has 0 bridgehead atoms. The smallest absolute Gasteiger partial charge is 0.129 e. The standard InChI is InChI=1S/C14H15BrFNO/c1-9(12-6-5-11(15)8-13(12)16)17-10(2)14-4-3-7-18-14/h3-10,17H,1-2H3/t9?,10-/m0/s1.